The van der Waals surface area contributed by atoms with Crippen molar-refractivity contribution in [3.63, 3.8) is 0 Å². The molecule has 0 aliphatic rings. The van der Waals surface area contributed by atoms with Gasteiger partial charge >= 0.3 is 0 Å². The number of H-pyrrole nitrogens is 1. The van der Waals surface area contributed by atoms with E-state index in [1.807, 2.05) is 17.9 Å². The number of hydrogen-bond acceptors (Lipinski definition) is 6. The van der Waals surface area contributed by atoms with E-state index in [9.17, 15) is 0 Å². The Morgan fingerprint density at radius 2 is 2.19 bits per heavy atom. The Labute approximate surface area is 158 Å². The number of aromatic amines is 1. The van der Waals surface area contributed by atoms with Crippen molar-refractivity contribution < 1.29 is 0 Å². The molecular weight excluding hydrogens is 342 g/mol. The van der Waals surface area contributed by atoms with Gasteiger partial charge in [0, 0.05) is 55.1 Å². The quantitative estimate of drug-likeness (QED) is 0.264. The summed E-state index contributed by atoms with van der Waals surface area (Å²) in [6, 6.07) is 1.88. The van der Waals surface area contributed by atoms with Crippen LogP contribution in [-0.2, 0) is 0 Å². The molecule has 0 saturated heterocycles. The number of guanidine groups is 1. The van der Waals surface area contributed by atoms with Gasteiger partial charge in [-0.1, -0.05) is 6.92 Å². The van der Waals surface area contributed by atoms with Gasteiger partial charge < -0.3 is 31.8 Å². The summed E-state index contributed by atoms with van der Waals surface area (Å²) in [6.45, 7) is 3.42. The lowest BCUT2D eigenvalue weighted by Crippen LogP contribution is -2.40. The lowest BCUT2D eigenvalue weighted by atomic mass is 10.1. The third-order valence-corrected chi connectivity index (χ3v) is 4.24. The molecule has 27 heavy (non-hydrogen) atoms. The third kappa shape index (κ3) is 5.37. The van der Waals surface area contributed by atoms with Gasteiger partial charge in [0.05, 0.1) is 5.69 Å². The van der Waals surface area contributed by atoms with Crippen molar-refractivity contribution in [2.75, 3.05) is 13.1 Å². The zero-order chi connectivity index (χ0) is 19.6. The topological polar surface area (TPSA) is 154 Å². The van der Waals surface area contributed by atoms with E-state index in [0.29, 0.717) is 24.2 Å². The molecule has 144 valence electrons. The minimum Gasteiger partial charge on any atom is -0.387 e. The van der Waals surface area contributed by atoms with Crippen LogP contribution in [0, 0.1) is 16.2 Å². The summed E-state index contributed by atoms with van der Waals surface area (Å²) >= 11 is 0. The van der Waals surface area contributed by atoms with E-state index in [-0.39, 0.29) is 12.0 Å². The van der Waals surface area contributed by atoms with Gasteiger partial charge in [-0.15, -0.1) is 0 Å². The van der Waals surface area contributed by atoms with Gasteiger partial charge in [0.25, 0.3) is 0 Å². The number of fused-ring (bicyclic) bond motifs is 1. The molecule has 2 heterocycles. The lowest BCUT2D eigenvalue weighted by Gasteiger charge is -2.25. The molecule has 0 aromatic carbocycles. The predicted molar refractivity (Wildman–Crippen MR) is 109 cm³/mol. The fraction of sp³-hybridized carbons (Fsp3) is 0.389. The van der Waals surface area contributed by atoms with Crippen LogP contribution >= 0.6 is 0 Å². The number of allylic oxidation sites excluding steroid dienone is 1. The van der Waals surface area contributed by atoms with Crippen LogP contribution in [-0.4, -0.2) is 57.4 Å². The second kappa shape index (κ2) is 10.0. The van der Waals surface area contributed by atoms with Gasteiger partial charge in [-0.05, 0) is 25.1 Å². The largest absolute Gasteiger partial charge is 0.387 e. The van der Waals surface area contributed by atoms with E-state index in [1.54, 1.807) is 12.4 Å². The zero-order valence-corrected chi connectivity index (χ0v) is 15.5. The fourth-order valence-corrected chi connectivity index (χ4v) is 2.83. The molecule has 0 aliphatic heterocycles. The molecule has 0 amide bonds. The van der Waals surface area contributed by atoms with Gasteiger partial charge in [-0.2, -0.15) is 0 Å². The maximum Gasteiger partial charge on any atom is 0.188 e. The van der Waals surface area contributed by atoms with Crippen LogP contribution in [0.25, 0.3) is 16.6 Å². The van der Waals surface area contributed by atoms with E-state index < -0.39 is 0 Å². The van der Waals surface area contributed by atoms with Crippen LogP contribution in [0.1, 0.15) is 31.9 Å². The van der Waals surface area contributed by atoms with E-state index in [1.165, 1.54) is 18.8 Å². The lowest BCUT2D eigenvalue weighted by molar-refractivity contribution is 0.376. The molecule has 2 rings (SSSR count). The van der Waals surface area contributed by atoms with Gasteiger partial charge in [0.15, 0.2) is 5.96 Å². The highest BCUT2D eigenvalue weighted by Crippen LogP contribution is 2.19. The Morgan fingerprint density at radius 3 is 2.85 bits per heavy atom. The average Bonchev–Trinajstić information content (AvgIpc) is 3.14. The summed E-state index contributed by atoms with van der Waals surface area (Å²) in [4.78, 5) is 13.3. The molecule has 9 heteroatoms. The Bertz CT molecular complexity index is 808. The van der Waals surface area contributed by atoms with Crippen LogP contribution in [0.4, 0.5) is 0 Å². The van der Waals surface area contributed by atoms with Gasteiger partial charge in [-0.25, -0.2) is 9.97 Å². The minimum absolute atomic E-state index is 0.000270. The molecule has 0 aliphatic carbocycles. The Kier molecular flexibility index (Phi) is 7.48. The summed E-state index contributed by atoms with van der Waals surface area (Å²) in [5.74, 6) is 0.0667. The number of aromatic nitrogens is 3. The standard InChI is InChI=1S/C18H27N9/c1-2-8-27(18(21)22)9-5-14(3-6-19)24-11-13(10-20)16-15-4-7-23-17(15)26-12-25-16/h4,6-7,10-12,14,19-20,24H,2-3,5,8-9H2,1H3,(H3,21,22)(H,23,25,26)/b13-11+,19-6?,20-10?. The summed E-state index contributed by atoms with van der Waals surface area (Å²) in [7, 11) is 0. The highest BCUT2D eigenvalue weighted by Gasteiger charge is 2.12. The number of nitrogens with two attached hydrogens (primary N) is 1. The summed E-state index contributed by atoms with van der Waals surface area (Å²) in [6.07, 6.45) is 9.82. The summed E-state index contributed by atoms with van der Waals surface area (Å²) in [5.41, 5.74) is 7.66. The van der Waals surface area contributed by atoms with E-state index in [2.05, 4.69) is 20.3 Å². The van der Waals surface area contributed by atoms with Gasteiger partial charge in [-0.3, -0.25) is 5.41 Å². The Balaban J connectivity index is 2.12. The zero-order valence-electron chi connectivity index (χ0n) is 15.5. The summed E-state index contributed by atoms with van der Waals surface area (Å²) in [5, 5.41) is 27.0. The number of nitrogens with zero attached hydrogens (tertiary/aromatic N) is 3. The van der Waals surface area contributed by atoms with Gasteiger partial charge in [0.1, 0.15) is 12.0 Å². The molecule has 0 saturated carbocycles. The van der Waals surface area contributed by atoms with Crippen molar-refractivity contribution >= 4 is 35.0 Å². The normalized spacial score (nSPS) is 12.6. The van der Waals surface area contributed by atoms with E-state index in [4.69, 9.17) is 22.0 Å². The number of nitrogens with one attached hydrogen (secondary N) is 5. The molecule has 9 nitrogen and oxygen atoms in total. The fourth-order valence-electron chi connectivity index (χ4n) is 2.83. The first-order valence-electron chi connectivity index (χ1n) is 8.93. The smallest absolute Gasteiger partial charge is 0.188 e. The predicted octanol–water partition coefficient (Wildman–Crippen LogP) is 1.94. The molecule has 2 aromatic heterocycles. The SMILES string of the molecule is CCCN(CCC(CC=N)N/C=C(\C=N)c1ncnc2[nH]ccc12)C(=N)N. The first-order chi connectivity index (χ1) is 13.1. The monoisotopic (exact) mass is 369 g/mol. The molecule has 0 spiro atoms. The van der Waals surface area contributed by atoms with Crippen LogP contribution in [0.15, 0.2) is 24.8 Å². The number of rotatable bonds is 11. The van der Waals surface area contributed by atoms with Gasteiger partial charge in [0.2, 0.25) is 0 Å². The van der Waals surface area contributed by atoms with Crippen molar-refractivity contribution in [3.8, 4) is 0 Å². The first-order valence-corrected chi connectivity index (χ1v) is 8.93. The molecule has 0 fully saturated rings. The molecule has 0 bridgehead atoms. The maximum atomic E-state index is 7.75. The van der Waals surface area contributed by atoms with E-state index in [0.717, 1.165) is 30.4 Å². The van der Waals surface area contributed by atoms with Crippen LogP contribution in [0.2, 0.25) is 0 Å². The first kappa shape index (κ1) is 20.1. The minimum atomic E-state index is -0.000270. The second-order valence-electron chi connectivity index (χ2n) is 6.17. The summed E-state index contributed by atoms with van der Waals surface area (Å²) < 4.78 is 0. The van der Waals surface area contributed by atoms with Crippen molar-refractivity contribution in [3.05, 3.63) is 30.5 Å². The van der Waals surface area contributed by atoms with Crippen molar-refractivity contribution in [2.24, 2.45) is 5.73 Å². The second-order valence-corrected chi connectivity index (χ2v) is 6.17. The molecular formula is C18H27N9. The molecule has 1 atom stereocenters. The van der Waals surface area contributed by atoms with E-state index >= 15 is 0 Å². The highest BCUT2D eigenvalue weighted by molar-refractivity contribution is 6.11. The van der Waals surface area contributed by atoms with Crippen LogP contribution in [0.3, 0.4) is 0 Å². The highest BCUT2D eigenvalue weighted by atomic mass is 15.2. The third-order valence-electron chi connectivity index (χ3n) is 4.24. The average molecular weight is 369 g/mol. The maximum absolute atomic E-state index is 7.75. The number of hydrogen-bond donors (Lipinski definition) is 6. The van der Waals surface area contributed by atoms with Crippen molar-refractivity contribution in [2.45, 2.75) is 32.2 Å². The van der Waals surface area contributed by atoms with Crippen molar-refractivity contribution in [1.29, 1.82) is 16.2 Å². The Hall–Kier alpha value is -3.23. The van der Waals surface area contributed by atoms with Crippen LogP contribution in [0.5, 0.6) is 0 Å². The molecule has 0 radical (unpaired) electrons. The van der Waals surface area contributed by atoms with Crippen LogP contribution < -0.4 is 11.1 Å². The molecule has 2 aromatic rings. The Morgan fingerprint density at radius 1 is 1.37 bits per heavy atom. The molecule has 1 unspecified atom stereocenters. The molecule has 7 N–H and O–H groups in total. The van der Waals surface area contributed by atoms with Crippen molar-refractivity contribution in [1.82, 2.24) is 25.2 Å².